The Bertz CT molecular complexity index is 2910. The van der Waals surface area contributed by atoms with E-state index < -0.39 is 238 Å². The van der Waals surface area contributed by atoms with E-state index in [1.165, 1.54) is 25.1 Å². The molecule has 0 aliphatic heterocycles. The van der Waals surface area contributed by atoms with E-state index in [1.807, 2.05) is 26.6 Å². The number of Topliss-reactive ketones (excluding diaryl/α,β-unsaturated/α-hetero) is 1. The van der Waals surface area contributed by atoms with Crippen LogP contribution >= 0.6 is 0 Å². The SMILES string of the molecule is Cc1cccc(C(=O)C[C@H](N)C(=O)O)c1NC(=O)[C@H](CCC(=O)O)NC(=O)[C@@H](CO)NC(=O)CNC(=O)[C@H](CC(=O)O)NC(=O)[C@@H](C)NC(=O)[C@H](CC(=O)O)NC(=O)[C@H](CCCN)NC(=O)CNC(=O)[C@@H](NC(=O)[C@H](CC(=O)O)NC(=O)C(N)CC(N)=O)[C@@H](C)O. The van der Waals surface area contributed by atoms with Crippen molar-refractivity contribution < 1.29 is 122 Å². The van der Waals surface area contributed by atoms with E-state index in [0.717, 1.165) is 13.8 Å². The molecule has 26 N–H and O–H groups in total. The summed E-state index contributed by atoms with van der Waals surface area (Å²) < 4.78 is 0. The minimum atomic E-state index is -2.04. The molecule has 0 bridgehead atoms. The number of benzene rings is 1. The number of aryl methyl sites for hydroxylation is 1. The molecule has 504 valence electrons. The fourth-order valence-corrected chi connectivity index (χ4v) is 7.67. The van der Waals surface area contributed by atoms with Gasteiger partial charge in [-0.05, 0) is 58.2 Å². The number of carboxylic acids is 5. The third kappa shape index (κ3) is 29.0. The smallest absolute Gasteiger partial charge is 0.320 e. The largest absolute Gasteiger partial charge is 0.481 e. The van der Waals surface area contributed by atoms with Crippen LogP contribution in [0.25, 0.3) is 0 Å². The van der Waals surface area contributed by atoms with Gasteiger partial charge in [0, 0.05) is 18.4 Å². The average Bonchev–Trinajstić information content (AvgIpc) is 1.10. The first-order chi connectivity index (χ1) is 42.4. The lowest BCUT2D eigenvalue weighted by molar-refractivity contribution is -0.142. The van der Waals surface area contributed by atoms with Crippen molar-refractivity contribution in [1.29, 1.82) is 0 Å². The van der Waals surface area contributed by atoms with Crippen molar-refractivity contribution in [3.05, 3.63) is 29.3 Å². The van der Waals surface area contributed by atoms with Gasteiger partial charge in [-0.2, -0.15) is 0 Å². The second-order valence-corrected chi connectivity index (χ2v) is 20.1. The van der Waals surface area contributed by atoms with Gasteiger partial charge in [-0.1, -0.05) is 12.1 Å². The lowest BCUT2D eigenvalue weighted by Gasteiger charge is -2.25. The van der Waals surface area contributed by atoms with Crippen LogP contribution in [0.5, 0.6) is 0 Å². The Balaban J connectivity index is 3.14. The number of primary amides is 1. The number of carbonyl (C=O) groups excluding carboxylic acids is 13. The summed E-state index contributed by atoms with van der Waals surface area (Å²) in [6.07, 6.45) is -8.22. The van der Waals surface area contributed by atoms with Crippen LogP contribution in [0.3, 0.4) is 0 Å². The van der Waals surface area contributed by atoms with Gasteiger partial charge in [-0.3, -0.25) is 86.3 Å². The molecule has 91 heavy (non-hydrogen) atoms. The molecule has 0 saturated heterocycles. The number of para-hydroxylation sites is 1. The van der Waals surface area contributed by atoms with Crippen molar-refractivity contribution in [3.8, 4) is 0 Å². The summed E-state index contributed by atoms with van der Waals surface area (Å²) >= 11 is 0. The maximum Gasteiger partial charge on any atom is 0.320 e. The number of aliphatic carboxylic acids is 5. The minimum Gasteiger partial charge on any atom is -0.481 e. The van der Waals surface area contributed by atoms with Gasteiger partial charge >= 0.3 is 29.8 Å². The van der Waals surface area contributed by atoms with Gasteiger partial charge < -0.3 is 117 Å². The van der Waals surface area contributed by atoms with E-state index >= 15 is 0 Å². The molecule has 0 aromatic heterocycles. The van der Waals surface area contributed by atoms with Gasteiger partial charge in [-0.15, -0.1) is 0 Å². The van der Waals surface area contributed by atoms with Crippen LogP contribution in [0.4, 0.5) is 5.69 Å². The van der Waals surface area contributed by atoms with Gasteiger partial charge in [0.1, 0.15) is 54.4 Å². The molecule has 12 amide bonds. The molecular weight excluding hydrogens is 1220 g/mol. The van der Waals surface area contributed by atoms with Crippen molar-refractivity contribution in [2.45, 2.75) is 145 Å². The average molecular weight is 1300 g/mol. The molecule has 1 aromatic carbocycles. The molecule has 0 aliphatic carbocycles. The molecular formula is C51H75N15O25. The van der Waals surface area contributed by atoms with Crippen molar-refractivity contribution in [2.24, 2.45) is 22.9 Å². The topological polar surface area (TPSA) is 685 Å². The van der Waals surface area contributed by atoms with Crippen LogP contribution in [0.2, 0.25) is 0 Å². The van der Waals surface area contributed by atoms with Gasteiger partial charge in [0.2, 0.25) is 70.9 Å². The number of anilines is 1. The van der Waals surface area contributed by atoms with Crippen LogP contribution in [0.15, 0.2) is 18.2 Å². The maximum absolute atomic E-state index is 13.5. The molecule has 1 aromatic rings. The predicted molar refractivity (Wildman–Crippen MR) is 304 cm³/mol. The first-order valence-corrected chi connectivity index (χ1v) is 27.2. The Morgan fingerprint density at radius 3 is 1.45 bits per heavy atom. The highest BCUT2D eigenvalue weighted by atomic mass is 16.4. The fourth-order valence-electron chi connectivity index (χ4n) is 7.67. The van der Waals surface area contributed by atoms with Crippen LogP contribution in [0.1, 0.15) is 87.6 Å². The summed E-state index contributed by atoms with van der Waals surface area (Å²) in [6.45, 7) is 0.0445. The molecule has 40 nitrogen and oxygen atoms in total. The summed E-state index contributed by atoms with van der Waals surface area (Å²) in [6, 6.07) is -14.1. The number of carboxylic acid groups (broad SMARTS) is 5. The molecule has 1 rings (SSSR count). The van der Waals surface area contributed by atoms with Crippen molar-refractivity contribution in [3.63, 3.8) is 0 Å². The standard InChI is InChI=1S/C51H75N15O25/c1-20-6-4-7-23(32(69)12-25(54)51(90)91)40(20)65-46(85)27(9-10-36(73)74)61-49(88)31(19-67)60-35(72)17-56-44(83)28(14-37(75)76)62-42(81)21(2)58-47(86)29(15-38(77)78)64-45(84)26(8-5-11-52)59-34(71)18-57-50(89)41(22(3)68)66-48(87)30(16-39(79)80)63-43(82)24(53)13-33(55)70/h4,6-7,21-22,24-31,41,67-68H,5,8-19,52-54H2,1-3H3,(H2,55,70)(H,56,83)(H,57,89)(H,58,86)(H,59,71)(H,60,72)(H,61,88)(H,62,81)(H,63,82)(H,64,84)(H,65,85)(H,66,87)(H,73,74)(H,75,76)(H,77,78)(H,79,80)(H,90,91)/t21-,22-,24?,25+,26+,27+,28+,29+,30+,31-,41+/m1/s1. The van der Waals surface area contributed by atoms with Crippen LogP contribution in [-0.4, -0.2) is 235 Å². The lowest BCUT2D eigenvalue weighted by atomic mass is 9.99. The monoisotopic (exact) mass is 1300 g/mol. The van der Waals surface area contributed by atoms with E-state index in [-0.39, 0.29) is 36.2 Å². The number of rotatable bonds is 42. The molecule has 40 heteroatoms. The Labute approximate surface area is 515 Å². The Kier molecular flexibility index (Phi) is 33.6. The van der Waals surface area contributed by atoms with E-state index in [0.29, 0.717) is 0 Å². The summed E-state index contributed by atoms with van der Waals surface area (Å²) in [5, 5.41) is 90.2. The minimum absolute atomic E-state index is 0.00708. The number of hydrogen-bond donors (Lipinski definition) is 22. The van der Waals surface area contributed by atoms with Crippen LogP contribution in [0, 0.1) is 6.92 Å². The second kappa shape index (κ2) is 38.8. The molecule has 0 fully saturated rings. The van der Waals surface area contributed by atoms with Crippen molar-refractivity contribution in [1.82, 2.24) is 53.2 Å². The zero-order chi connectivity index (χ0) is 69.6. The van der Waals surface area contributed by atoms with Crippen LogP contribution < -0.4 is 81.4 Å². The number of amides is 12. The number of ketones is 1. The summed E-state index contributed by atoms with van der Waals surface area (Å²) in [5.74, 6) is -23.7. The number of hydrogen-bond acceptors (Lipinski definition) is 23. The zero-order valence-corrected chi connectivity index (χ0v) is 49.1. The third-order valence-corrected chi connectivity index (χ3v) is 12.5. The normalized spacial score (nSPS) is 14.4. The number of aliphatic hydroxyl groups is 2. The summed E-state index contributed by atoms with van der Waals surface area (Å²) in [7, 11) is 0. The van der Waals surface area contributed by atoms with Crippen LogP contribution in [-0.2, 0) is 81.5 Å². The predicted octanol–water partition coefficient (Wildman–Crippen LogP) is -10.3. The highest BCUT2D eigenvalue weighted by Crippen LogP contribution is 2.23. The highest BCUT2D eigenvalue weighted by molar-refractivity contribution is 6.08. The van der Waals surface area contributed by atoms with E-state index in [1.54, 1.807) is 0 Å². The Morgan fingerprint density at radius 1 is 0.495 bits per heavy atom. The Hall–Kier alpha value is -10.3. The van der Waals surface area contributed by atoms with E-state index in [2.05, 4.69) is 31.9 Å². The molecule has 0 aliphatic rings. The molecule has 1 unspecified atom stereocenters. The third-order valence-electron chi connectivity index (χ3n) is 12.5. The second-order valence-electron chi connectivity index (χ2n) is 20.1. The summed E-state index contributed by atoms with van der Waals surface area (Å²) in [5.41, 5.74) is 21.6. The lowest BCUT2D eigenvalue weighted by Crippen LogP contribution is -2.60. The first-order valence-electron chi connectivity index (χ1n) is 27.2. The molecule has 11 atom stereocenters. The number of nitrogens with one attached hydrogen (secondary N) is 11. The van der Waals surface area contributed by atoms with E-state index in [4.69, 9.17) is 28.0 Å². The fraction of sp³-hybridized carbons (Fsp3) is 0.529. The molecule has 0 radical (unpaired) electrons. The van der Waals surface area contributed by atoms with Gasteiger partial charge in [0.25, 0.3) is 0 Å². The number of nitrogens with two attached hydrogens (primary N) is 4. The van der Waals surface area contributed by atoms with Crippen molar-refractivity contribution in [2.75, 3.05) is 31.6 Å². The van der Waals surface area contributed by atoms with Crippen molar-refractivity contribution >= 4 is 112 Å². The number of aliphatic hydroxyl groups excluding tert-OH is 2. The van der Waals surface area contributed by atoms with Gasteiger partial charge in [0.15, 0.2) is 5.78 Å². The first kappa shape index (κ1) is 78.7. The van der Waals surface area contributed by atoms with Gasteiger partial charge in [0.05, 0.1) is 63.2 Å². The number of carbonyl (C=O) groups is 18. The Morgan fingerprint density at radius 2 is 0.956 bits per heavy atom. The quantitative estimate of drug-likeness (QED) is 0.0270. The summed E-state index contributed by atoms with van der Waals surface area (Å²) in [4.78, 5) is 227. The van der Waals surface area contributed by atoms with E-state index in [9.17, 15) is 117 Å². The maximum atomic E-state index is 13.5. The molecule has 0 saturated carbocycles. The van der Waals surface area contributed by atoms with Gasteiger partial charge in [-0.25, -0.2) is 0 Å². The highest BCUT2D eigenvalue weighted by Gasteiger charge is 2.36. The molecule has 0 spiro atoms. The zero-order valence-electron chi connectivity index (χ0n) is 49.1. The molecule has 0 heterocycles.